The van der Waals surface area contributed by atoms with Gasteiger partial charge in [0.15, 0.2) is 0 Å². The minimum atomic E-state index is -0.762. The zero-order valence-corrected chi connectivity index (χ0v) is 10.3. The van der Waals surface area contributed by atoms with Gasteiger partial charge in [-0.25, -0.2) is 0 Å². The van der Waals surface area contributed by atoms with Gasteiger partial charge in [0.1, 0.15) is 11.8 Å². The Labute approximate surface area is 98.1 Å². The molecule has 2 unspecified atom stereocenters. The van der Waals surface area contributed by atoms with Crippen LogP contribution in [0, 0.1) is 11.3 Å². The van der Waals surface area contributed by atoms with E-state index < -0.39 is 10.8 Å². The predicted molar refractivity (Wildman–Crippen MR) is 63.3 cm³/mol. The Morgan fingerprint density at radius 3 is 2.94 bits per heavy atom. The second kappa shape index (κ2) is 6.46. The van der Waals surface area contributed by atoms with E-state index in [0.717, 1.165) is 18.7 Å². The third kappa shape index (κ3) is 4.17. The lowest BCUT2D eigenvalue weighted by atomic mass is 10.3. The molecule has 16 heavy (non-hydrogen) atoms. The summed E-state index contributed by atoms with van der Waals surface area (Å²) in [4.78, 5) is 0. The highest BCUT2D eigenvalue weighted by Gasteiger charge is 2.05. The molecule has 1 rings (SSSR count). The maximum absolute atomic E-state index is 11.1. The molecule has 88 valence electrons. The maximum Gasteiger partial charge on any atom is 0.203 e. The molecule has 0 aliphatic heterocycles. The van der Waals surface area contributed by atoms with Gasteiger partial charge in [-0.1, -0.05) is 6.92 Å². The van der Waals surface area contributed by atoms with E-state index in [1.807, 2.05) is 13.0 Å². The van der Waals surface area contributed by atoms with Crippen LogP contribution < -0.4 is 5.32 Å². The second-order valence-electron chi connectivity index (χ2n) is 3.65. The van der Waals surface area contributed by atoms with Crippen LogP contribution >= 0.6 is 0 Å². The van der Waals surface area contributed by atoms with E-state index in [9.17, 15) is 4.21 Å². The molecule has 0 aromatic carbocycles. The van der Waals surface area contributed by atoms with Crippen LogP contribution in [-0.2, 0) is 17.3 Å². The Hall–Kier alpha value is -1.12. The van der Waals surface area contributed by atoms with Gasteiger partial charge < -0.3 is 9.73 Å². The molecule has 0 saturated heterocycles. The second-order valence-corrected chi connectivity index (χ2v) is 5.45. The lowest BCUT2D eigenvalue weighted by molar-refractivity contribution is 0.472. The Kier molecular flexibility index (Phi) is 5.23. The van der Waals surface area contributed by atoms with Crippen molar-refractivity contribution in [2.24, 2.45) is 0 Å². The van der Waals surface area contributed by atoms with Gasteiger partial charge in [-0.2, -0.15) is 5.26 Å². The average molecular weight is 240 g/mol. The van der Waals surface area contributed by atoms with Gasteiger partial charge in [0.25, 0.3) is 0 Å². The molecule has 1 N–H and O–H groups in total. The predicted octanol–water partition coefficient (Wildman–Crippen LogP) is 1.40. The van der Waals surface area contributed by atoms with Gasteiger partial charge in [-0.3, -0.25) is 4.21 Å². The first-order chi connectivity index (χ1) is 7.63. The van der Waals surface area contributed by atoms with Crippen LogP contribution in [0.1, 0.15) is 24.9 Å². The molecular formula is C11H16N2O2S. The Balaban J connectivity index is 2.21. The summed E-state index contributed by atoms with van der Waals surface area (Å²) in [5.41, 5.74) is 0. The number of nitriles is 1. The largest absolute Gasteiger partial charge is 0.449 e. The monoisotopic (exact) mass is 240 g/mol. The standard InChI is InChI=1S/C11H16N2O2S/c1-9(16(2)14)5-6-13-8-11-4-3-10(7-12)15-11/h3-4,9,13H,5-6,8H2,1-2H3. The fourth-order valence-electron chi connectivity index (χ4n) is 1.22. The van der Waals surface area contributed by atoms with Crippen LogP contribution in [-0.4, -0.2) is 22.3 Å². The van der Waals surface area contributed by atoms with Crippen molar-refractivity contribution < 1.29 is 8.63 Å². The summed E-state index contributed by atoms with van der Waals surface area (Å²) in [5.74, 6) is 1.08. The highest BCUT2D eigenvalue weighted by Crippen LogP contribution is 2.06. The van der Waals surface area contributed by atoms with Crippen LogP contribution in [0.4, 0.5) is 0 Å². The normalized spacial score (nSPS) is 14.3. The van der Waals surface area contributed by atoms with E-state index >= 15 is 0 Å². The van der Waals surface area contributed by atoms with Crippen molar-refractivity contribution in [3.63, 3.8) is 0 Å². The topological polar surface area (TPSA) is 66.0 Å². The smallest absolute Gasteiger partial charge is 0.203 e. The van der Waals surface area contributed by atoms with Gasteiger partial charge in [-0.05, 0) is 25.1 Å². The lowest BCUT2D eigenvalue weighted by Crippen LogP contribution is -2.20. The number of nitrogens with one attached hydrogen (secondary N) is 1. The molecule has 0 aliphatic rings. The van der Waals surface area contributed by atoms with Crippen LogP contribution in [0.15, 0.2) is 16.5 Å². The minimum absolute atomic E-state index is 0.207. The molecule has 1 aromatic heterocycles. The zero-order valence-electron chi connectivity index (χ0n) is 9.53. The summed E-state index contributed by atoms with van der Waals surface area (Å²) in [6, 6.07) is 5.37. The van der Waals surface area contributed by atoms with Crippen LogP contribution in [0.2, 0.25) is 0 Å². The van der Waals surface area contributed by atoms with Gasteiger partial charge >= 0.3 is 0 Å². The van der Waals surface area contributed by atoms with Crippen molar-refractivity contribution >= 4 is 10.8 Å². The lowest BCUT2D eigenvalue weighted by Gasteiger charge is -2.07. The van der Waals surface area contributed by atoms with Crippen molar-refractivity contribution in [2.45, 2.75) is 25.1 Å². The summed E-state index contributed by atoms with van der Waals surface area (Å²) in [6.07, 6.45) is 2.59. The molecule has 4 nitrogen and oxygen atoms in total. The Morgan fingerprint density at radius 1 is 1.62 bits per heavy atom. The summed E-state index contributed by atoms with van der Waals surface area (Å²) < 4.78 is 16.3. The van der Waals surface area contributed by atoms with E-state index in [2.05, 4.69) is 5.32 Å². The highest BCUT2D eigenvalue weighted by atomic mass is 32.2. The summed E-state index contributed by atoms with van der Waals surface area (Å²) in [5, 5.41) is 12.0. The van der Waals surface area contributed by atoms with E-state index in [-0.39, 0.29) is 5.25 Å². The number of hydrogen-bond acceptors (Lipinski definition) is 4. The Bertz CT molecular complexity index is 395. The van der Waals surface area contributed by atoms with E-state index in [1.165, 1.54) is 0 Å². The molecule has 1 aromatic rings. The first-order valence-corrected chi connectivity index (χ1v) is 6.77. The van der Waals surface area contributed by atoms with Crippen molar-refractivity contribution in [2.75, 3.05) is 12.8 Å². The first kappa shape index (κ1) is 12.9. The van der Waals surface area contributed by atoms with Gasteiger partial charge in [0, 0.05) is 22.3 Å². The molecule has 5 heteroatoms. The average Bonchev–Trinajstić information content (AvgIpc) is 2.71. The Morgan fingerprint density at radius 2 is 2.38 bits per heavy atom. The summed E-state index contributed by atoms with van der Waals surface area (Å²) in [7, 11) is -0.762. The summed E-state index contributed by atoms with van der Waals surface area (Å²) >= 11 is 0. The van der Waals surface area contributed by atoms with Crippen LogP contribution in [0.3, 0.4) is 0 Å². The highest BCUT2D eigenvalue weighted by molar-refractivity contribution is 7.84. The SMILES string of the molecule is CC(CCNCc1ccc(C#N)o1)S(C)=O. The molecule has 0 saturated carbocycles. The molecule has 1 heterocycles. The summed E-state index contributed by atoms with van der Waals surface area (Å²) in [6.45, 7) is 3.37. The number of hydrogen-bond donors (Lipinski definition) is 1. The minimum Gasteiger partial charge on any atom is -0.449 e. The number of furan rings is 1. The molecular weight excluding hydrogens is 224 g/mol. The fraction of sp³-hybridized carbons (Fsp3) is 0.545. The van der Waals surface area contributed by atoms with Gasteiger partial charge in [0.2, 0.25) is 5.76 Å². The number of nitrogens with zero attached hydrogens (tertiary/aromatic N) is 1. The zero-order chi connectivity index (χ0) is 12.0. The van der Waals surface area contributed by atoms with E-state index in [4.69, 9.17) is 9.68 Å². The molecule has 0 spiro atoms. The third-order valence-corrected chi connectivity index (χ3v) is 3.73. The first-order valence-electron chi connectivity index (χ1n) is 5.15. The quantitative estimate of drug-likeness (QED) is 0.763. The molecule has 0 fully saturated rings. The van der Waals surface area contributed by atoms with Crippen LogP contribution in [0.25, 0.3) is 0 Å². The van der Waals surface area contributed by atoms with Gasteiger partial charge in [0.05, 0.1) is 6.54 Å². The van der Waals surface area contributed by atoms with Crippen molar-refractivity contribution in [3.8, 4) is 6.07 Å². The molecule has 0 radical (unpaired) electrons. The molecule has 0 bridgehead atoms. The molecule has 2 atom stereocenters. The third-order valence-electron chi connectivity index (χ3n) is 2.37. The molecule has 0 aliphatic carbocycles. The maximum atomic E-state index is 11.1. The van der Waals surface area contributed by atoms with E-state index in [0.29, 0.717) is 12.3 Å². The fourth-order valence-corrected chi connectivity index (χ4v) is 1.67. The van der Waals surface area contributed by atoms with Gasteiger partial charge in [-0.15, -0.1) is 0 Å². The van der Waals surface area contributed by atoms with Crippen molar-refractivity contribution in [1.29, 1.82) is 5.26 Å². The molecule has 0 amide bonds. The van der Waals surface area contributed by atoms with Crippen LogP contribution in [0.5, 0.6) is 0 Å². The number of rotatable bonds is 6. The van der Waals surface area contributed by atoms with E-state index in [1.54, 1.807) is 18.4 Å². The van der Waals surface area contributed by atoms with Crippen molar-refractivity contribution in [3.05, 3.63) is 23.7 Å². The van der Waals surface area contributed by atoms with Crippen molar-refractivity contribution in [1.82, 2.24) is 5.32 Å².